The number of hydrogen-bond acceptors (Lipinski definition) is 5. The maximum atomic E-state index is 4.43. The van der Waals surface area contributed by atoms with Crippen LogP contribution in [0.25, 0.3) is 16.8 Å². The number of fused-ring (bicyclic) bond motifs is 4. The summed E-state index contributed by atoms with van der Waals surface area (Å²) in [6, 6.07) is 0.940. The highest BCUT2D eigenvalue weighted by molar-refractivity contribution is 5.84. The fourth-order valence-corrected chi connectivity index (χ4v) is 4.01. The van der Waals surface area contributed by atoms with Gasteiger partial charge in [-0.2, -0.15) is 0 Å². The molecule has 0 amide bonds. The van der Waals surface area contributed by atoms with Crippen LogP contribution in [0, 0.1) is 5.92 Å². The van der Waals surface area contributed by atoms with Crippen LogP contribution in [-0.4, -0.2) is 35.6 Å². The van der Waals surface area contributed by atoms with Gasteiger partial charge in [0.2, 0.25) is 0 Å². The number of aromatic amines is 1. The Hall–Kier alpha value is -2.02. The summed E-state index contributed by atoms with van der Waals surface area (Å²) in [4.78, 5) is 11.6. The van der Waals surface area contributed by atoms with E-state index in [-0.39, 0.29) is 6.04 Å². The van der Waals surface area contributed by atoms with Gasteiger partial charge in [-0.3, -0.25) is 4.40 Å². The molecule has 0 radical (unpaired) electrons. The normalized spacial score (nSPS) is 29.2. The van der Waals surface area contributed by atoms with Gasteiger partial charge in [0.05, 0.1) is 12.4 Å². The first-order valence-electron chi connectivity index (χ1n) is 7.69. The average molecular weight is 283 g/mol. The molecule has 1 aliphatic carbocycles. The fourth-order valence-electron chi connectivity index (χ4n) is 4.01. The van der Waals surface area contributed by atoms with Gasteiger partial charge in [0, 0.05) is 6.04 Å². The quantitative estimate of drug-likeness (QED) is 0.708. The van der Waals surface area contributed by atoms with Crippen molar-refractivity contribution in [1.29, 1.82) is 0 Å². The molecule has 7 nitrogen and oxygen atoms in total. The average Bonchev–Trinajstić information content (AvgIpc) is 3.22. The zero-order chi connectivity index (χ0) is 13.8. The zero-order valence-corrected chi connectivity index (χ0v) is 11.7. The lowest BCUT2D eigenvalue weighted by atomic mass is 9.85. The molecular formula is C14H17N7. The summed E-state index contributed by atoms with van der Waals surface area (Å²) in [5.41, 5.74) is 2.35. The molecule has 1 aliphatic heterocycles. The van der Waals surface area contributed by atoms with E-state index in [1.165, 1.54) is 25.7 Å². The lowest BCUT2D eigenvalue weighted by Gasteiger charge is -2.24. The maximum Gasteiger partial charge on any atom is 0.189 e. The third-order valence-electron chi connectivity index (χ3n) is 5.04. The second-order valence-corrected chi connectivity index (χ2v) is 6.20. The lowest BCUT2D eigenvalue weighted by molar-refractivity contribution is 0.325. The number of nitrogens with one attached hydrogen (secondary N) is 2. The first-order valence-corrected chi connectivity index (χ1v) is 7.69. The third-order valence-corrected chi connectivity index (χ3v) is 5.04. The van der Waals surface area contributed by atoms with Gasteiger partial charge >= 0.3 is 0 Å². The molecule has 5 rings (SSSR count). The Morgan fingerprint density at radius 3 is 3.05 bits per heavy atom. The Morgan fingerprint density at radius 1 is 1.14 bits per heavy atom. The molecule has 3 unspecified atom stereocenters. The number of nitrogens with zero attached hydrogens (tertiary/aromatic N) is 5. The molecule has 3 atom stereocenters. The molecule has 21 heavy (non-hydrogen) atoms. The smallest absolute Gasteiger partial charge is 0.189 e. The Bertz CT molecular complexity index is 790. The highest BCUT2D eigenvalue weighted by atomic mass is 15.3. The SMILES string of the molecule is c1nc2ncn3c(C4CC5CCCCC5N4)nnc3c2[nH]1. The van der Waals surface area contributed by atoms with Crippen LogP contribution in [0.2, 0.25) is 0 Å². The van der Waals surface area contributed by atoms with E-state index >= 15 is 0 Å². The van der Waals surface area contributed by atoms with Crippen LogP contribution in [0.4, 0.5) is 0 Å². The van der Waals surface area contributed by atoms with Crippen molar-refractivity contribution < 1.29 is 0 Å². The Kier molecular flexibility index (Phi) is 2.34. The van der Waals surface area contributed by atoms with Gasteiger partial charge in [-0.05, 0) is 25.2 Å². The van der Waals surface area contributed by atoms with Gasteiger partial charge in [-0.25, -0.2) is 9.97 Å². The van der Waals surface area contributed by atoms with Crippen LogP contribution in [0.5, 0.6) is 0 Å². The number of rotatable bonds is 1. The molecule has 1 saturated heterocycles. The van der Waals surface area contributed by atoms with E-state index in [4.69, 9.17) is 0 Å². The lowest BCUT2D eigenvalue weighted by Crippen LogP contribution is -2.30. The van der Waals surface area contributed by atoms with Crippen molar-refractivity contribution in [1.82, 2.24) is 34.9 Å². The standard InChI is InChI=1S/C14H17N7/c1-2-4-9-8(3-1)5-10(18-9)13-19-20-14-11-12(16-6-15-11)17-7-21(13)14/h6-10,18H,1-5H2,(H,15,16). The first kappa shape index (κ1) is 11.6. The summed E-state index contributed by atoms with van der Waals surface area (Å²) in [6.07, 6.45) is 9.94. The minimum atomic E-state index is 0.287. The molecule has 7 heteroatoms. The molecule has 0 bridgehead atoms. The maximum absolute atomic E-state index is 4.43. The Morgan fingerprint density at radius 2 is 2.10 bits per heavy atom. The summed E-state index contributed by atoms with van der Waals surface area (Å²) in [6.45, 7) is 0. The number of imidazole rings is 1. The van der Waals surface area contributed by atoms with Gasteiger partial charge in [0.15, 0.2) is 17.1 Å². The molecule has 3 aromatic rings. The van der Waals surface area contributed by atoms with Gasteiger partial charge in [0.25, 0.3) is 0 Å². The summed E-state index contributed by atoms with van der Waals surface area (Å²) < 4.78 is 2.00. The van der Waals surface area contributed by atoms with Crippen LogP contribution >= 0.6 is 0 Å². The predicted molar refractivity (Wildman–Crippen MR) is 76.7 cm³/mol. The summed E-state index contributed by atoms with van der Waals surface area (Å²) in [7, 11) is 0. The molecule has 108 valence electrons. The molecule has 3 aromatic heterocycles. The second-order valence-electron chi connectivity index (χ2n) is 6.20. The van der Waals surface area contributed by atoms with Gasteiger partial charge in [0.1, 0.15) is 11.8 Å². The summed E-state index contributed by atoms with van der Waals surface area (Å²) in [5, 5.41) is 12.5. The van der Waals surface area contributed by atoms with Crippen molar-refractivity contribution in [2.75, 3.05) is 0 Å². The van der Waals surface area contributed by atoms with Crippen LogP contribution < -0.4 is 5.32 Å². The zero-order valence-electron chi connectivity index (χ0n) is 11.7. The molecular weight excluding hydrogens is 266 g/mol. The molecule has 4 heterocycles. The van der Waals surface area contributed by atoms with E-state index in [9.17, 15) is 0 Å². The minimum absolute atomic E-state index is 0.287. The highest BCUT2D eigenvalue weighted by Crippen LogP contribution is 2.38. The van der Waals surface area contributed by atoms with Crippen molar-refractivity contribution >= 4 is 16.8 Å². The molecule has 0 aromatic carbocycles. The molecule has 2 N–H and O–H groups in total. The van der Waals surface area contributed by atoms with Crippen LogP contribution in [0.15, 0.2) is 12.7 Å². The van der Waals surface area contributed by atoms with Gasteiger partial charge in [-0.15, -0.1) is 10.2 Å². The largest absolute Gasteiger partial charge is 0.340 e. The molecule has 0 spiro atoms. The van der Waals surface area contributed by atoms with Crippen LogP contribution in [0.1, 0.15) is 44.0 Å². The number of H-pyrrole nitrogens is 1. The highest BCUT2D eigenvalue weighted by Gasteiger charge is 2.37. The number of hydrogen-bond donors (Lipinski definition) is 2. The predicted octanol–water partition coefficient (Wildman–Crippen LogP) is 1.59. The van der Waals surface area contributed by atoms with E-state index in [1.54, 1.807) is 12.7 Å². The number of aromatic nitrogens is 6. The Labute approximate surface area is 121 Å². The summed E-state index contributed by atoms with van der Waals surface area (Å²) in [5.74, 6) is 1.77. The first-order chi connectivity index (χ1) is 10.4. The van der Waals surface area contributed by atoms with Crippen LogP contribution in [0.3, 0.4) is 0 Å². The van der Waals surface area contributed by atoms with Crippen molar-refractivity contribution in [3.63, 3.8) is 0 Å². The van der Waals surface area contributed by atoms with E-state index < -0.39 is 0 Å². The molecule has 2 aliphatic rings. The Balaban J connectivity index is 1.58. The summed E-state index contributed by atoms with van der Waals surface area (Å²) >= 11 is 0. The van der Waals surface area contributed by atoms with E-state index in [2.05, 4.69) is 30.5 Å². The minimum Gasteiger partial charge on any atom is -0.340 e. The monoisotopic (exact) mass is 283 g/mol. The molecule has 2 fully saturated rings. The second kappa shape index (κ2) is 4.24. The van der Waals surface area contributed by atoms with E-state index in [0.717, 1.165) is 29.3 Å². The van der Waals surface area contributed by atoms with Crippen molar-refractivity contribution in [3.8, 4) is 0 Å². The van der Waals surface area contributed by atoms with Crippen molar-refractivity contribution in [3.05, 3.63) is 18.5 Å². The van der Waals surface area contributed by atoms with Gasteiger partial charge in [-0.1, -0.05) is 12.8 Å². The van der Waals surface area contributed by atoms with Crippen molar-refractivity contribution in [2.45, 2.75) is 44.2 Å². The third kappa shape index (κ3) is 1.64. The molecule has 1 saturated carbocycles. The van der Waals surface area contributed by atoms with Gasteiger partial charge < -0.3 is 10.3 Å². The topological polar surface area (TPSA) is 83.8 Å². The van der Waals surface area contributed by atoms with E-state index in [1.807, 2.05) is 4.40 Å². The van der Waals surface area contributed by atoms with E-state index in [0.29, 0.717) is 11.7 Å². The fraction of sp³-hybridized carbons (Fsp3) is 0.571. The van der Waals surface area contributed by atoms with Crippen LogP contribution in [-0.2, 0) is 0 Å². The van der Waals surface area contributed by atoms with Crippen molar-refractivity contribution in [2.24, 2.45) is 5.92 Å².